The number of hydrogen-bond acceptors (Lipinski definition) is 3. The van der Waals surface area contributed by atoms with Gasteiger partial charge in [-0.3, -0.25) is 4.90 Å². The van der Waals surface area contributed by atoms with Gasteiger partial charge in [0.15, 0.2) is 0 Å². The number of thiocarbonyl (C=S) groups is 1. The fourth-order valence-electron chi connectivity index (χ4n) is 2.43. The molecule has 2 fully saturated rings. The van der Waals surface area contributed by atoms with E-state index in [9.17, 15) is 0 Å². The molecule has 2 unspecified atom stereocenters. The molecule has 3 nitrogen and oxygen atoms in total. The molecular formula is C10H18N2OS. The number of nitrogens with zero attached hydrogens (tertiary/aromatic N) is 1. The van der Waals surface area contributed by atoms with E-state index in [0.717, 1.165) is 32.7 Å². The molecule has 0 saturated carbocycles. The topological polar surface area (TPSA) is 38.5 Å². The summed E-state index contributed by atoms with van der Waals surface area (Å²) in [4.78, 5) is 3.10. The fraction of sp³-hybridized carbons (Fsp3) is 0.900. The lowest BCUT2D eigenvalue weighted by Crippen LogP contribution is -2.41. The minimum Gasteiger partial charge on any atom is -0.392 e. The summed E-state index contributed by atoms with van der Waals surface area (Å²) in [5, 5.41) is 0. The summed E-state index contributed by atoms with van der Waals surface area (Å²) in [6, 6.07) is 0.352. The van der Waals surface area contributed by atoms with E-state index in [4.69, 9.17) is 22.7 Å². The van der Waals surface area contributed by atoms with Crippen LogP contribution in [-0.2, 0) is 4.74 Å². The Bertz CT molecular complexity index is 216. The van der Waals surface area contributed by atoms with Crippen molar-refractivity contribution in [3.63, 3.8) is 0 Å². The molecule has 0 aromatic rings. The third kappa shape index (κ3) is 2.24. The quantitative estimate of drug-likeness (QED) is 0.704. The van der Waals surface area contributed by atoms with Crippen molar-refractivity contribution in [2.24, 2.45) is 11.7 Å². The SMILES string of the molecule is NC(=S)C1CCCN1CC1CCOC1. The Morgan fingerprint density at radius 1 is 1.50 bits per heavy atom. The highest BCUT2D eigenvalue weighted by Gasteiger charge is 2.29. The van der Waals surface area contributed by atoms with E-state index in [1.807, 2.05) is 0 Å². The second-order valence-electron chi connectivity index (χ2n) is 4.28. The summed E-state index contributed by atoms with van der Waals surface area (Å²) in [6.07, 6.45) is 3.57. The largest absolute Gasteiger partial charge is 0.392 e. The van der Waals surface area contributed by atoms with E-state index in [1.54, 1.807) is 0 Å². The first-order valence-electron chi connectivity index (χ1n) is 5.38. The minimum absolute atomic E-state index is 0.352. The maximum Gasteiger partial charge on any atom is 0.0902 e. The zero-order valence-corrected chi connectivity index (χ0v) is 9.26. The molecular weight excluding hydrogens is 196 g/mol. The van der Waals surface area contributed by atoms with Crippen LogP contribution in [0.1, 0.15) is 19.3 Å². The highest BCUT2D eigenvalue weighted by molar-refractivity contribution is 7.80. The first kappa shape index (κ1) is 10.3. The third-order valence-corrected chi connectivity index (χ3v) is 3.48. The van der Waals surface area contributed by atoms with Crippen molar-refractivity contribution in [1.29, 1.82) is 0 Å². The molecule has 0 spiro atoms. The van der Waals surface area contributed by atoms with Gasteiger partial charge in [0, 0.05) is 13.2 Å². The normalized spacial score (nSPS) is 33.7. The molecule has 2 aliphatic heterocycles. The molecule has 0 aromatic carbocycles. The van der Waals surface area contributed by atoms with E-state index in [-0.39, 0.29) is 0 Å². The van der Waals surface area contributed by atoms with Gasteiger partial charge in [-0.25, -0.2) is 0 Å². The maximum absolute atomic E-state index is 5.72. The predicted octanol–water partition coefficient (Wildman–Crippen LogP) is 0.773. The van der Waals surface area contributed by atoms with Crippen molar-refractivity contribution in [1.82, 2.24) is 4.90 Å². The number of likely N-dealkylation sites (tertiary alicyclic amines) is 1. The zero-order chi connectivity index (χ0) is 9.97. The van der Waals surface area contributed by atoms with Gasteiger partial charge in [0.25, 0.3) is 0 Å². The van der Waals surface area contributed by atoms with E-state index in [1.165, 1.54) is 12.8 Å². The molecule has 2 atom stereocenters. The van der Waals surface area contributed by atoms with Crippen LogP contribution in [0, 0.1) is 5.92 Å². The first-order chi connectivity index (χ1) is 6.77. The van der Waals surface area contributed by atoms with Crippen LogP contribution in [0.25, 0.3) is 0 Å². The Labute approximate surface area is 90.6 Å². The second-order valence-corrected chi connectivity index (χ2v) is 4.76. The van der Waals surface area contributed by atoms with Gasteiger partial charge < -0.3 is 10.5 Å². The highest BCUT2D eigenvalue weighted by Crippen LogP contribution is 2.22. The molecule has 0 radical (unpaired) electrons. The lowest BCUT2D eigenvalue weighted by atomic mass is 10.1. The average Bonchev–Trinajstić information content (AvgIpc) is 2.75. The Balaban J connectivity index is 1.86. The Morgan fingerprint density at radius 2 is 2.36 bits per heavy atom. The first-order valence-corrected chi connectivity index (χ1v) is 5.79. The van der Waals surface area contributed by atoms with Crippen LogP contribution in [0.15, 0.2) is 0 Å². The van der Waals surface area contributed by atoms with E-state index in [0.29, 0.717) is 16.9 Å². The molecule has 0 aromatic heterocycles. The van der Waals surface area contributed by atoms with Crippen LogP contribution < -0.4 is 5.73 Å². The van der Waals surface area contributed by atoms with Crippen LogP contribution in [0.2, 0.25) is 0 Å². The Morgan fingerprint density at radius 3 is 3.00 bits per heavy atom. The van der Waals surface area contributed by atoms with Crippen LogP contribution in [0.3, 0.4) is 0 Å². The molecule has 2 heterocycles. The van der Waals surface area contributed by atoms with Crippen LogP contribution in [0.4, 0.5) is 0 Å². The standard InChI is InChI=1S/C10H18N2OS/c11-10(14)9-2-1-4-12(9)6-8-3-5-13-7-8/h8-9H,1-7H2,(H2,11,14). The molecule has 2 N–H and O–H groups in total. The van der Waals surface area contributed by atoms with Crippen molar-refractivity contribution in [2.45, 2.75) is 25.3 Å². The molecule has 80 valence electrons. The zero-order valence-electron chi connectivity index (χ0n) is 8.45. The molecule has 2 saturated heterocycles. The average molecular weight is 214 g/mol. The van der Waals surface area contributed by atoms with Gasteiger partial charge >= 0.3 is 0 Å². The van der Waals surface area contributed by atoms with E-state index in [2.05, 4.69) is 4.90 Å². The van der Waals surface area contributed by atoms with E-state index >= 15 is 0 Å². The molecule has 2 rings (SSSR count). The highest BCUT2D eigenvalue weighted by atomic mass is 32.1. The molecule has 2 aliphatic rings. The number of ether oxygens (including phenoxy) is 1. The number of hydrogen-bond donors (Lipinski definition) is 1. The van der Waals surface area contributed by atoms with Crippen molar-refractivity contribution in [3.05, 3.63) is 0 Å². The van der Waals surface area contributed by atoms with Gasteiger partial charge in [-0.05, 0) is 31.7 Å². The Kier molecular flexibility index (Phi) is 3.36. The summed E-state index contributed by atoms with van der Waals surface area (Å²) in [6.45, 7) is 4.11. The lowest BCUT2D eigenvalue weighted by Gasteiger charge is -2.25. The van der Waals surface area contributed by atoms with Crippen molar-refractivity contribution in [3.8, 4) is 0 Å². The summed E-state index contributed by atoms with van der Waals surface area (Å²) in [5.41, 5.74) is 5.72. The summed E-state index contributed by atoms with van der Waals surface area (Å²) < 4.78 is 5.37. The molecule has 0 bridgehead atoms. The van der Waals surface area contributed by atoms with Crippen molar-refractivity contribution < 1.29 is 4.74 Å². The molecule has 14 heavy (non-hydrogen) atoms. The second kappa shape index (κ2) is 4.55. The number of nitrogens with two attached hydrogens (primary N) is 1. The van der Waals surface area contributed by atoms with Gasteiger partial charge in [0.2, 0.25) is 0 Å². The minimum atomic E-state index is 0.352. The molecule has 0 aliphatic carbocycles. The van der Waals surface area contributed by atoms with Crippen molar-refractivity contribution >= 4 is 17.2 Å². The lowest BCUT2D eigenvalue weighted by molar-refractivity contribution is 0.170. The smallest absolute Gasteiger partial charge is 0.0902 e. The van der Waals surface area contributed by atoms with Crippen LogP contribution in [-0.4, -0.2) is 42.2 Å². The Hall–Kier alpha value is -0.190. The van der Waals surface area contributed by atoms with E-state index < -0.39 is 0 Å². The van der Waals surface area contributed by atoms with Gasteiger partial charge in [0.1, 0.15) is 0 Å². The van der Waals surface area contributed by atoms with Crippen molar-refractivity contribution in [2.75, 3.05) is 26.3 Å². The monoisotopic (exact) mass is 214 g/mol. The van der Waals surface area contributed by atoms with Gasteiger partial charge in [0.05, 0.1) is 17.6 Å². The van der Waals surface area contributed by atoms with Crippen LogP contribution in [0.5, 0.6) is 0 Å². The van der Waals surface area contributed by atoms with Gasteiger partial charge in [-0.15, -0.1) is 0 Å². The predicted molar refractivity (Wildman–Crippen MR) is 60.3 cm³/mol. The van der Waals surface area contributed by atoms with Gasteiger partial charge in [-0.1, -0.05) is 12.2 Å². The van der Waals surface area contributed by atoms with Crippen LogP contribution >= 0.6 is 12.2 Å². The van der Waals surface area contributed by atoms with Gasteiger partial charge in [-0.2, -0.15) is 0 Å². The summed E-state index contributed by atoms with van der Waals surface area (Å²) >= 11 is 5.08. The summed E-state index contributed by atoms with van der Waals surface area (Å²) in [7, 11) is 0. The molecule has 4 heteroatoms. The third-order valence-electron chi connectivity index (χ3n) is 3.21. The number of rotatable bonds is 3. The maximum atomic E-state index is 5.72. The molecule has 0 amide bonds. The summed E-state index contributed by atoms with van der Waals surface area (Å²) in [5.74, 6) is 0.699. The fourth-order valence-corrected chi connectivity index (χ4v) is 2.69.